The van der Waals surface area contributed by atoms with Crippen molar-refractivity contribution in [2.45, 2.75) is 19.4 Å². The number of rotatable bonds is 6. The monoisotopic (exact) mass is 347 g/mol. The predicted molar refractivity (Wildman–Crippen MR) is 86.0 cm³/mol. The Labute approximate surface area is 126 Å². The van der Waals surface area contributed by atoms with Crippen molar-refractivity contribution in [3.8, 4) is 0 Å². The molecule has 3 nitrogen and oxygen atoms in total. The van der Waals surface area contributed by atoms with Crippen LogP contribution in [0.2, 0.25) is 0 Å². The van der Waals surface area contributed by atoms with E-state index in [0.29, 0.717) is 11.3 Å². The first-order valence-electron chi connectivity index (χ1n) is 5.98. The molecule has 1 unspecified atom stereocenters. The standard InChI is InChI=1S/C13H19BrFN3S/c1-4-8(7-19-3)18(2)10-6-5-9(13(16)17)11(14)12(10)15/h5-6,8H,4,7H2,1-3H3,(H3,16,17). The second kappa shape index (κ2) is 7.14. The largest absolute Gasteiger partial charge is 0.384 e. The average molecular weight is 348 g/mol. The molecule has 0 aromatic heterocycles. The Bertz CT molecular complexity index is 467. The Morgan fingerprint density at radius 3 is 2.68 bits per heavy atom. The Morgan fingerprint density at radius 2 is 2.21 bits per heavy atom. The zero-order valence-electron chi connectivity index (χ0n) is 11.3. The summed E-state index contributed by atoms with van der Waals surface area (Å²) >= 11 is 4.93. The molecule has 1 rings (SSSR count). The van der Waals surface area contributed by atoms with Crippen molar-refractivity contribution in [2.75, 3.05) is 24.0 Å². The SMILES string of the molecule is CCC(CSC)N(C)c1ccc(C(=N)N)c(Br)c1F. The second-order valence-electron chi connectivity index (χ2n) is 4.30. The molecule has 0 heterocycles. The minimum atomic E-state index is -0.366. The number of halogens is 2. The number of nitrogens with two attached hydrogens (primary N) is 1. The second-order valence-corrected chi connectivity index (χ2v) is 6.01. The lowest BCUT2D eigenvalue weighted by Crippen LogP contribution is -2.34. The van der Waals surface area contributed by atoms with Crippen LogP contribution in [0.1, 0.15) is 18.9 Å². The van der Waals surface area contributed by atoms with E-state index in [0.717, 1.165) is 12.2 Å². The summed E-state index contributed by atoms with van der Waals surface area (Å²) in [5.41, 5.74) is 6.32. The van der Waals surface area contributed by atoms with Crippen molar-refractivity contribution < 1.29 is 4.39 Å². The molecule has 3 N–H and O–H groups in total. The molecule has 0 aliphatic carbocycles. The fourth-order valence-corrected chi connectivity index (χ4v) is 3.31. The van der Waals surface area contributed by atoms with E-state index in [1.807, 2.05) is 18.2 Å². The molecule has 0 saturated carbocycles. The van der Waals surface area contributed by atoms with Gasteiger partial charge in [0.2, 0.25) is 0 Å². The highest BCUT2D eigenvalue weighted by Crippen LogP contribution is 2.30. The highest BCUT2D eigenvalue weighted by atomic mass is 79.9. The first kappa shape index (κ1) is 16.3. The number of hydrogen-bond donors (Lipinski definition) is 2. The topological polar surface area (TPSA) is 53.1 Å². The smallest absolute Gasteiger partial charge is 0.161 e. The van der Waals surface area contributed by atoms with Crippen LogP contribution in [0, 0.1) is 11.2 Å². The summed E-state index contributed by atoms with van der Waals surface area (Å²) < 4.78 is 14.6. The summed E-state index contributed by atoms with van der Waals surface area (Å²) in [6, 6.07) is 3.63. The molecule has 1 atom stereocenters. The van der Waals surface area contributed by atoms with Crippen molar-refractivity contribution in [1.29, 1.82) is 5.41 Å². The van der Waals surface area contributed by atoms with E-state index in [9.17, 15) is 4.39 Å². The van der Waals surface area contributed by atoms with E-state index in [-0.39, 0.29) is 22.2 Å². The number of thioether (sulfide) groups is 1. The highest BCUT2D eigenvalue weighted by Gasteiger charge is 2.19. The van der Waals surface area contributed by atoms with Crippen molar-refractivity contribution in [1.82, 2.24) is 0 Å². The molecule has 6 heteroatoms. The third-order valence-corrected chi connectivity index (χ3v) is 4.60. The van der Waals surface area contributed by atoms with Crippen molar-refractivity contribution in [3.05, 3.63) is 28.0 Å². The van der Waals surface area contributed by atoms with Crippen LogP contribution in [-0.2, 0) is 0 Å². The lowest BCUT2D eigenvalue weighted by atomic mass is 10.1. The van der Waals surface area contributed by atoms with Crippen LogP contribution >= 0.6 is 27.7 Å². The molecule has 0 aliphatic heterocycles. The first-order valence-corrected chi connectivity index (χ1v) is 8.16. The van der Waals surface area contributed by atoms with Gasteiger partial charge in [-0.15, -0.1) is 0 Å². The maximum atomic E-state index is 14.4. The maximum Gasteiger partial charge on any atom is 0.161 e. The van der Waals surface area contributed by atoms with E-state index in [1.165, 1.54) is 0 Å². The van der Waals surface area contributed by atoms with Crippen LogP contribution in [0.25, 0.3) is 0 Å². The summed E-state index contributed by atoms with van der Waals surface area (Å²) in [6.07, 6.45) is 2.99. The van der Waals surface area contributed by atoms with Gasteiger partial charge in [-0.2, -0.15) is 11.8 Å². The lowest BCUT2D eigenvalue weighted by Gasteiger charge is -2.29. The molecular formula is C13H19BrFN3S. The Balaban J connectivity index is 3.14. The number of nitrogen functional groups attached to an aromatic ring is 1. The van der Waals surface area contributed by atoms with Gasteiger partial charge in [-0.3, -0.25) is 5.41 Å². The Morgan fingerprint density at radius 1 is 1.58 bits per heavy atom. The number of benzene rings is 1. The maximum absolute atomic E-state index is 14.4. The predicted octanol–water partition coefficient (Wildman–Crippen LogP) is 3.45. The quantitative estimate of drug-likeness (QED) is 0.612. The van der Waals surface area contributed by atoms with Gasteiger partial charge in [0.15, 0.2) is 5.82 Å². The van der Waals surface area contributed by atoms with E-state index < -0.39 is 0 Å². The van der Waals surface area contributed by atoms with Crippen molar-refractivity contribution >= 4 is 39.2 Å². The molecule has 0 fully saturated rings. The summed E-state index contributed by atoms with van der Waals surface area (Å²) in [6.45, 7) is 2.09. The summed E-state index contributed by atoms with van der Waals surface area (Å²) in [5, 5.41) is 7.40. The van der Waals surface area contributed by atoms with Crippen LogP contribution < -0.4 is 10.6 Å². The van der Waals surface area contributed by atoms with E-state index in [4.69, 9.17) is 11.1 Å². The van der Waals surface area contributed by atoms with Gasteiger partial charge in [-0.05, 0) is 40.7 Å². The first-order chi connectivity index (χ1) is 8.93. The molecule has 106 valence electrons. The molecule has 0 saturated heterocycles. The van der Waals surface area contributed by atoms with Gasteiger partial charge in [0.1, 0.15) is 5.84 Å². The van der Waals surface area contributed by atoms with Gasteiger partial charge in [0.25, 0.3) is 0 Å². The molecular weight excluding hydrogens is 329 g/mol. The molecule has 19 heavy (non-hydrogen) atoms. The molecule has 0 amide bonds. The van der Waals surface area contributed by atoms with Crippen LogP contribution in [0.5, 0.6) is 0 Å². The lowest BCUT2D eigenvalue weighted by molar-refractivity contribution is 0.597. The normalized spacial score (nSPS) is 12.3. The molecule has 0 aliphatic rings. The number of amidine groups is 1. The van der Waals surface area contributed by atoms with Gasteiger partial charge in [0.05, 0.1) is 10.2 Å². The van der Waals surface area contributed by atoms with E-state index >= 15 is 0 Å². The van der Waals surface area contributed by atoms with Crippen LogP contribution in [0.4, 0.5) is 10.1 Å². The number of nitrogens with one attached hydrogen (secondary N) is 1. The third kappa shape index (κ3) is 3.63. The van der Waals surface area contributed by atoms with E-state index in [2.05, 4.69) is 22.9 Å². The fraction of sp³-hybridized carbons (Fsp3) is 0.462. The summed E-state index contributed by atoms with van der Waals surface area (Å²) in [7, 11) is 1.89. The summed E-state index contributed by atoms with van der Waals surface area (Å²) in [4.78, 5) is 1.94. The van der Waals surface area contributed by atoms with Crippen LogP contribution in [0.3, 0.4) is 0 Å². The van der Waals surface area contributed by atoms with Gasteiger partial charge < -0.3 is 10.6 Å². The third-order valence-electron chi connectivity index (χ3n) is 3.11. The zero-order chi connectivity index (χ0) is 14.6. The minimum Gasteiger partial charge on any atom is -0.384 e. The molecule has 0 bridgehead atoms. The zero-order valence-corrected chi connectivity index (χ0v) is 13.7. The Kier molecular flexibility index (Phi) is 6.13. The Hall–Kier alpha value is -0.750. The highest BCUT2D eigenvalue weighted by molar-refractivity contribution is 9.10. The molecule has 1 aromatic carbocycles. The van der Waals surface area contributed by atoms with Gasteiger partial charge in [-0.25, -0.2) is 4.39 Å². The average Bonchev–Trinajstić information content (AvgIpc) is 2.37. The molecule has 1 aromatic rings. The van der Waals surface area contributed by atoms with Crippen LogP contribution in [0.15, 0.2) is 16.6 Å². The molecule has 0 radical (unpaired) electrons. The number of anilines is 1. The fourth-order valence-electron chi connectivity index (χ4n) is 1.91. The van der Waals surface area contributed by atoms with Gasteiger partial charge in [-0.1, -0.05) is 6.92 Å². The molecule has 0 spiro atoms. The van der Waals surface area contributed by atoms with E-state index in [1.54, 1.807) is 23.9 Å². The van der Waals surface area contributed by atoms with Crippen molar-refractivity contribution in [2.24, 2.45) is 5.73 Å². The van der Waals surface area contributed by atoms with Gasteiger partial charge >= 0.3 is 0 Å². The number of nitrogens with zero attached hydrogens (tertiary/aromatic N) is 1. The van der Waals surface area contributed by atoms with Crippen LogP contribution in [-0.4, -0.2) is 30.9 Å². The van der Waals surface area contributed by atoms with Gasteiger partial charge in [0, 0.05) is 24.4 Å². The minimum absolute atomic E-state index is 0.142. The number of hydrogen-bond acceptors (Lipinski definition) is 3. The summed E-state index contributed by atoms with van der Waals surface area (Å²) in [5.74, 6) is 0.435. The van der Waals surface area contributed by atoms with Crippen molar-refractivity contribution in [3.63, 3.8) is 0 Å².